The summed E-state index contributed by atoms with van der Waals surface area (Å²) in [6, 6.07) is 34.3. The molecule has 5 aromatic rings. The highest BCUT2D eigenvalue weighted by Crippen LogP contribution is 2.31. The molecule has 5 rings (SSSR count). The first-order valence-corrected chi connectivity index (χ1v) is 9.94. The van der Waals surface area contributed by atoms with Crippen molar-refractivity contribution in [2.45, 2.75) is 13.8 Å². The maximum absolute atomic E-state index is 5.98. The molecule has 0 spiro atoms. The molecule has 29 heavy (non-hydrogen) atoms. The zero-order valence-corrected chi connectivity index (χ0v) is 16.6. The van der Waals surface area contributed by atoms with Crippen molar-refractivity contribution in [1.82, 2.24) is 0 Å². The molecule has 0 amide bonds. The summed E-state index contributed by atoms with van der Waals surface area (Å²) in [6.45, 7) is 4.29. The first kappa shape index (κ1) is 17.5. The third-order valence-electron chi connectivity index (χ3n) is 5.37. The Hall–Kier alpha value is -3.58. The number of aryl methyl sites for hydroxylation is 2. The van der Waals surface area contributed by atoms with Gasteiger partial charge in [0.1, 0.15) is 11.3 Å². The third kappa shape index (κ3) is 3.48. The molecule has 1 heterocycles. The topological polar surface area (TPSA) is 13.1 Å². The summed E-state index contributed by atoms with van der Waals surface area (Å²) in [5.74, 6) is 0.905. The average molecular weight is 374 g/mol. The van der Waals surface area contributed by atoms with Crippen LogP contribution in [-0.4, -0.2) is 0 Å². The van der Waals surface area contributed by atoms with E-state index in [2.05, 4.69) is 92.7 Å². The molecule has 0 unspecified atom stereocenters. The molecule has 0 aliphatic rings. The number of rotatable bonds is 3. The van der Waals surface area contributed by atoms with Gasteiger partial charge in [0.15, 0.2) is 0 Å². The van der Waals surface area contributed by atoms with Crippen LogP contribution in [0.5, 0.6) is 0 Å². The summed E-state index contributed by atoms with van der Waals surface area (Å²) in [5.41, 5.74) is 9.56. The second kappa shape index (κ2) is 7.10. The summed E-state index contributed by atoms with van der Waals surface area (Å²) in [6.07, 6.45) is 0. The van der Waals surface area contributed by atoms with Crippen molar-refractivity contribution in [2.24, 2.45) is 0 Å². The van der Waals surface area contributed by atoms with Crippen LogP contribution in [0.2, 0.25) is 0 Å². The molecule has 0 radical (unpaired) electrons. The van der Waals surface area contributed by atoms with Crippen molar-refractivity contribution < 1.29 is 4.42 Å². The van der Waals surface area contributed by atoms with E-state index in [9.17, 15) is 0 Å². The number of hydrogen-bond donors (Lipinski definition) is 0. The second-order valence-electron chi connectivity index (χ2n) is 7.68. The number of furan rings is 1. The lowest BCUT2D eigenvalue weighted by Gasteiger charge is -2.08. The Kier molecular flexibility index (Phi) is 4.29. The lowest BCUT2D eigenvalue weighted by Crippen LogP contribution is -1.84. The fourth-order valence-corrected chi connectivity index (χ4v) is 3.95. The van der Waals surface area contributed by atoms with Crippen LogP contribution in [0, 0.1) is 13.8 Å². The zero-order chi connectivity index (χ0) is 19.8. The highest BCUT2D eigenvalue weighted by Gasteiger charge is 2.07. The van der Waals surface area contributed by atoms with Gasteiger partial charge in [0.05, 0.1) is 0 Å². The van der Waals surface area contributed by atoms with Crippen LogP contribution in [0.25, 0.3) is 44.5 Å². The van der Waals surface area contributed by atoms with E-state index in [0.717, 1.165) is 22.3 Å². The average Bonchev–Trinajstić information content (AvgIpc) is 3.18. The monoisotopic (exact) mass is 374 g/mol. The molecule has 0 saturated carbocycles. The van der Waals surface area contributed by atoms with Gasteiger partial charge in [0.2, 0.25) is 0 Å². The molecule has 0 fully saturated rings. The van der Waals surface area contributed by atoms with Gasteiger partial charge < -0.3 is 4.42 Å². The summed E-state index contributed by atoms with van der Waals surface area (Å²) in [5, 5.41) is 1.13. The molecular formula is C28H22O. The van der Waals surface area contributed by atoms with Crippen molar-refractivity contribution in [3.8, 4) is 33.6 Å². The van der Waals surface area contributed by atoms with Crippen molar-refractivity contribution >= 4 is 11.0 Å². The van der Waals surface area contributed by atoms with Gasteiger partial charge in [-0.25, -0.2) is 0 Å². The Bertz CT molecular complexity index is 1240. The van der Waals surface area contributed by atoms with E-state index in [1.165, 1.54) is 33.4 Å². The van der Waals surface area contributed by atoms with E-state index in [1.54, 1.807) is 0 Å². The van der Waals surface area contributed by atoms with E-state index in [-0.39, 0.29) is 0 Å². The van der Waals surface area contributed by atoms with Crippen molar-refractivity contribution in [2.75, 3.05) is 0 Å². The van der Waals surface area contributed by atoms with Crippen LogP contribution in [0.3, 0.4) is 0 Å². The van der Waals surface area contributed by atoms with Crippen molar-refractivity contribution in [1.29, 1.82) is 0 Å². The number of hydrogen-bond acceptors (Lipinski definition) is 1. The molecule has 0 saturated heterocycles. The van der Waals surface area contributed by atoms with Crippen molar-refractivity contribution in [3.05, 3.63) is 108 Å². The van der Waals surface area contributed by atoms with Gasteiger partial charge >= 0.3 is 0 Å². The lowest BCUT2D eigenvalue weighted by atomic mass is 9.97. The second-order valence-corrected chi connectivity index (χ2v) is 7.68. The van der Waals surface area contributed by atoms with E-state index in [1.807, 2.05) is 18.2 Å². The largest absolute Gasteiger partial charge is 0.456 e. The molecular weight excluding hydrogens is 352 g/mol. The molecule has 1 aromatic heterocycles. The van der Waals surface area contributed by atoms with Gasteiger partial charge in [-0.2, -0.15) is 0 Å². The predicted octanol–water partition coefficient (Wildman–Crippen LogP) is 8.05. The van der Waals surface area contributed by atoms with Gasteiger partial charge in [-0.15, -0.1) is 0 Å². The molecule has 0 atom stereocenters. The summed E-state index contributed by atoms with van der Waals surface area (Å²) in [4.78, 5) is 0. The van der Waals surface area contributed by atoms with E-state index >= 15 is 0 Å². The summed E-state index contributed by atoms with van der Waals surface area (Å²) < 4.78 is 5.98. The Morgan fingerprint density at radius 3 is 1.59 bits per heavy atom. The third-order valence-corrected chi connectivity index (χ3v) is 5.37. The van der Waals surface area contributed by atoms with E-state index in [0.29, 0.717) is 0 Å². The first-order chi connectivity index (χ1) is 14.2. The van der Waals surface area contributed by atoms with E-state index in [4.69, 9.17) is 4.42 Å². The Morgan fingerprint density at radius 2 is 1.00 bits per heavy atom. The minimum absolute atomic E-state index is 0.905. The highest BCUT2D eigenvalue weighted by atomic mass is 16.3. The molecule has 4 aromatic carbocycles. The summed E-state index contributed by atoms with van der Waals surface area (Å²) >= 11 is 0. The van der Waals surface area contributed by atoms with Gasteiger partial charge in [-0.1, -0.05) is 96.1 Å². The maximum atomic E-state index is 5.98. The molecule has 0 aliphatic heterocycles. The molecule has 1 nitrogen and oxygen atoms in total. The fourth-order valence-electron chi connectivity index (χ4n) is 3.95. The number of fused-ring (bicyclic) bond motifs is 1. The van der Waals surface area contributed by atoms with Crippen LogP contribution in [-0.2, 0) is 0 Å². The van der Waals surface area contributed by atoms with Crippen LogP contribution in [0.4, 0.5) is 0 Å². The van der Waals surface area contributed by atoms with Gasteiger partial charge in [-0.3, -0.25) is 0 Å². The van der Waals surface area contributed by atoms with Crippen LogP contribution in [0.15, 0.2) is 101 Å². The zero-order valence-electron chi connectivity index (χ0n) is 16.6. The molecule has 0 N–H and O–H groups in total. The fraction of sp³-hybridized carbons (Fsp3) is 0.0714. The molecule has 140 valence electrons. The van der Waals surface area contributed by atoms with E-state index < -0.39 is 0 Å². The summed E-state index contributed by atoms with van der Waals surface area (Å²) in [7, 11) is 0. The first-order valence-electron chi connectivity index (χ1n) is 9.94. The number of para-hydroxylation sites is 1. The van der Waals surface area contributed by atoms with Crippen LogP contribution in [0.1, 0.15) is 11.1 Å². The molecule has 1 heteroatoms. The Balaban J connectivity index is 1.42. The van der Waals surface area contributed by atoms with Crippen LogP contribution >= 0.6 is 0 Å². The lowest BCUT2D eigenvalue weighted by molar-refractivity contribution is 0.631. The van der Waals surface area contributed by atoms with Crippen molar-refractivity contribution in [3.63, 3.8) is 0 Å². The standard InChI is InChI=1S/C28H22O/c1-19-15-20(2)17-26(16-19)23-9-7-21(8-10-23)22-11-13-24(14-12-22)28-18-25-5-3-4-6-27(25)29-28/h3-18H,1-2H3. The minimum Gasteiger partial charge on any atom is -0.456 e. The van der Waals surface area contributed by atoms with Gasteiger partial charge in [0.25, 0.3) is 0 Å². The smallest absolute Gasteiger partial charge is 0.135 e. The predicted molar refractivity (Wildman–Crippen MR) is 122 cm³/mol. The Morgan fingerprint density at radius 1 is 0.483 bits per heavy atom. The van der Waals surface area contributed by atoms with Gasteiger partial charge in [-0.05, 0) is 48.2 Å². The maximum Gasteiger partial charge on any atom is 0.135 e. The minimum atomic E-state index is 0.905. The van der Waals surface area contributed by atoms with Gasteiger partial charge in [0, 0.05) is 10.9 Å². The quantitative estimate of drug-likeness (QED) is 0.311. The molecule has 0 bridgehead atoms. The number of benzene rings is 4. The highest BCUT2D eigenvalue weighted by molar-refractivity contribution is 5.83. The molecule has 0 aliphatic carbocycles. The normalized spacial score (nSPS) is 11.1. The SMILES string of the molecule is Cc1cc(C)cc(-c2ccc(-c3ccc(-c4cc5ccccc5o4)cc3)cc2)c1. The van der Waals surface area contributed by atoms with Crippen LogP contribution < -0.4 is 0 Å². The Labute approximate surface area is 171 Å².